The Hall–Kier alpha value is -2.83. The van der Waals surface area contributed by atoms with E-state index in [1.54, 1.807) is 0 Å². The van der Waals surface area contributed by atoms with Gasteiger partial charge in [-0.15, -0.1) is 0 Å². The van der Waals surface area contributed by atoms with Crippen molar-refractivity contribution in [2.75, 3.05) is 13.1 Å². The topological polar surface area (TPSA) is 83.7 Å². The number of rotatable bonds is 9. The molecule has 0 aliphatic carbocycles. The molecule has 3 rings (SSSR count). The van der Waals surface area contributed by atoms with Gasteiger partial charge in [-0.2, -0.15) is 0 Å². The monoisotopic (exact) mass is 463 g/mol. The smallest absolute Gasteiger partial charge is 0.246 e. The van der Waals surface area contributed by atoms with Crippen LogP contribution >= 0.6 is 0 Å². The molecule has 1 aliphatic heterocycles. The number of nitrogens with zero attached hydrogens (tertiary/aromatic N) is 2. The molecule has 34 heavy (non-hydrogen) atoms. The van der Waals surface area contributed by atoms with E-state index >= 15 is 0 Å². The Kier molecular flexibility index (Phi) is 8.75. The Bertz CT molecular complexity index is 1020. The van der Waals surface area contributed by atoms with Gasteiger partial charge >= 0.3 is 0 Å². The van der Waals surface area contributed by atoms with E-state index in [0.717, 1.165) is 29.5 Å². The fraction of sp³-hybridized carbons (Fsp3) is 0.464. The number of hydrogen-bond donors (Lipinski definition) is 1. The first kappa shape index (κ1) is 25.8. The Labute approximate surface area is 203 Å². The molecule has 6 heteroatoms. The summed E-state index contributed by atoms with van der Waals surface area (Å²) in [6.45, 7) is 8.83. The molecule has 0 saturated carbocycles. The fourth-order valence-corrected chi connectivity index (χ4v) is 4.58. The first-order valence-corrected chi connectivity index (χ1v) is 12.2. The first-order valence-electron chi connectivity index (χ1n) is 12.2. The van der Waals surface area contributed by atoms with Gasteiger partial charge in [-0.1, -0.05) is 74.4 Å². The van der Waals surface area contributed by atoms with Gasteiger partial charge in [-0.05, 0) is 50.3 Å². The molecule has 0 radical (unpaired) electrons. The maximum absolute atomic E-state index is 13.7. The number of ketones is 1. The highest BCUT2D eigenvalue weighted by Gasteiger charge is 2.38. The van der Waals surface area contributed by atoms with Crippen molar-refractivity contribution in [1.82, 2.24) is 9.80 Å². The maximum atomic E-state index is 13.7. The van der Waals surface area contributed by atoms with Gasteiger partial charge < -0.3 is 5.73 Å². The zero-order chi connectivity index (χ0) is 24.8. The van der Waals surface area contributed by atoms with E-state index < -0.39 is 12.1 Å². The third-order valence-corrected chi connectivity index (χ3v) is 6.94. The lowest BCUT2D eigenvalue weighted by Crippen LogP contribution is -2.54. The second kappa shape index (κ2) is 11.5. The van der Waals surface area contributed by atoms with Gasteiger partial charge in [0.1, 0.15) is 0 Å². The van der Waals surface area contributed by atoms with Gasteiger partial charge in [-0.3, -0.25) is 24.2 Å². The average Bonchev–Trinajstić information content (AvgIpc) is 3.29. The number of carbonyl (C=O) groups is 3. The van der Waals surface area contributed by atoms with Crippen LogP contribution in [0.4, 0.5) is 0 Å². The molecular formula is C28H37N3O3. The molecule has 2 amide bonds. The van der Waals surface area contributed by atoms with Crippen molar-refractivity contribution < 1.29 is 14.4 Å². The van der Waals surface area contributed by atoms with Gasteiger partial charge in [0, 0.05) is 5.56 Å². The van der Waals surface area contributed by atoms with Crippen LogP contribution in [-0.2, 0) is 16.1 Å². The van der Waals surface area contributed by atoms with Gasteiger partial charge in [0.15, 0.2) is 5.78 Å². The summed E-state index contributed by atoms with van der Waals surface area (Å²) in [6.07, 6.45) is 2.18. The number of imide groups is 1. The third-order valence-electron chi connectivity index (χ3n) is 6.94. The van der Waals surface area contributed by atoms with E-state index in [0.29, 0.717) is 18.5 Å². The molecule has 0 bridgehead atoms. The zero-order valence-corrected chi connectivity index (χ0v) is 20.8. The summed E-state index contributed by atoms with van der Waals surface area (Å²) in [5.74, 6) is -0.659. The highest BCUT2D eigenvalue weighted by molar-refractivity contribution is 6.01. The summed E-state index contributed by atoms with van der Waals surface area (Å²) in [4.78, 5) is 43.4. The number of nitrogens with two attached hydrogens (primary N) is 1. The van der Waals surface area contributed by atoms with Crippen molar-refractivity contribution in [3.63, 3.8) is 0 Å². The Morgan fingerprint density at radius 3 is 2.47 bits per heavy atom. The normalized spacial score (nSPS) is 17.9. The van der Waals surface area contributed by atoms with Crippen molar-refractivity contribution in [3.05, 3.63) is 70.8 Å². The summed E-state index contributed by atoms with van der Waals surface area (Å²) >= 11 is 0. The van der Waals surface area contributed by atoms with Crippen LogP contribution in [0.3, 0.4) is 0 Å². The highest BCUT2D eigenvalue weighted by atomic mass is 16.2. The summed E-state index contributed by atoms with van der Waals surface area (Å²) in [6, 6.07) is 14.0. The van der Waals surface area contributed by atoms with Crippen molar-refractivity contribution in [3.8, 4) is 0 Å². The predicted octanol–water partition coefficient (Wildman–Crippen LogP) is 3.88. The molecule has 6 nitrogen and oxygen atoms in total. The maximum Gasteiger partial charge on any atom is 0.246 e. The quantitative estimate of drug-likeness (QED) is 0.571. The van der Waals surface area contributed by atoms with Crippen molar-refractivity contribution >= 4 is 17.6 Å². The minimum Gasteiger partial charge on any atom is -0.320 e. The van der Waals surface area contributed by atoms with E-state index in [1.165, 1.54) is 4.90 Å². The summed E-state index contributed by atoms with van der Waals surface area (Å²) < 4.78 is 0. The fourth-order valence-electron chi connectivity index (χ4n) is 4.58. The SMILES string of the molecule is CC[C@H](C)[C@H](N)C(=O)N(Cc1ccccc1)C(=O)[C@@H]1CCCN1CC(=O)c1ccc(C)cc1C. The van der Waals surface area contributed by atoms with Crippen LogP contribution in [0.25, 0.3) is 0 Å². The van der Waals surface area contributed by atoms with Crippen molar-refractivity contribution in [1.29, 1.82) is 0 Å². The minimum absolute atomic E-state index is 0.00515. The molecule has 2 aromatic rings. The molecule has 0 spiro atoms. The molecule has 0 aromatic heterocycles. The largest absolute Gasteiger partial charge is 0.320 e. The van der Waals surface area contributed by atoms with Crippen molar-refractivity contribution in [2.24, 2.45) is 11.7 Å². The second-order valence-corrected chi connectivity index (χ2v) is 9.53. The summed E-state index contributed by atoms with van der Waals surface area (Å²) in [5, 5.41) is 0. The Balaban J connectivity index is 1.82. The molecule has 1 saturated heterocycles. The summed E-state index contributed by atoms with van der Waals surface area (Å²) in [5.41, 5.74) is 9.87. The lowest BCUT2D eigenvalue weighted by Gasteiger charge is -2.31. The van der Waals surface area contributed by atoms with Crippen LogP contribution in [0.1, 0.15) is 60.2 Å². The number of hydrogen-bond acceptors (Lipinski definition) is 5. The van der Waals surface area contributed by atoms with Gasteiger partial charge in [-0.25, -0.2) is 0 Å². The van der Waals surface area contributed by atoms with Gasteiger partial charge in [0.25, 0.3) is 0 Å². The lowest BCUT2D eigenvalue weighted by atomic mass is 9.98. The molecule has 1 heterocycles. The molecule has 2 N–H and O–H groups in total. The first-order chi connectivity index (χ1) is 16.2. The number of Topliss-reactive ketones (excluding diaryl/α,β-unsaturated/α-hetero) is 1. The zero-order valence-electron chi connectivity index (χ0n) is 20.8. The number of likely N-dealkylation sites (tertiary alicyclic amines) is 1. The van der Waals surface area contributed by atoms with Crippen molar-refractivity contribution in [2.45, 2.75) is 65.6 Å². The number of amides is 2. The molecular weight excluding hydrogens is 426 g/mol. The lowest BCUT2D eigenvalue weighted by molar-refractivity contribution is -0.149. The van der Waals surface area contributed by atoms with Crippen LogP contribution in [0, 0.1) is 19.8 Å². The number of benzene rings is 2. The molecule has 1 aliphatic rings. The van der Waals surface area contributed by atoms with E-state index in [2.05, 4.69) is 0 Å². The molecule has 0 unspecified atom stereocenters. The van der Waals surface area contributed by atoms with Crippen LogP contribution < -0.4 is 5.73 Å². The molecule has 182 valence electrons. The van der Waals surface area contributed by atoms with Crippen LogP contribution in [0.2, 0.25) is 0 Å². The van der Waals surface area contributed by atoms with Gasteiger partial charge in [0.2, 0.25) is 11.8 Å². The van der Waals surface area contributed by atoms with Gasteiger partial charge in [0.05, 0.1) is 25.2 Å². The minimum atomic E-state index is -0.746. The van der Waals surface area contributed by atoms with Crippen LogP contribution in [0.5, 0.6) is 0 Å². The van der Waals surface area contributed by atoms with Crippen LogP contribution in [-0.4, -0.2) is 52.6 Å². The Morgan fingerprint density at radius 2 is 1.82 bits per heavy atom. The molecule has 2 aromatic carbocycles. The Morgan fingerprint density at radius 1 is 1.12 bits per heavy atom. The van der Waals surface area contributed by atoms with E-state index in [1.807, 2.05) is 81.1 Å². The summed E-state index contributed by atoms with van der Waals surface area (Å²) in [7, 11) is 0. The second-order valence-electron chi connectivity index (χ2n) is 9.53. The predicted molar refractivity (Wildman–Crippen MR) is 134 cm³/mol. The average molecular weight is 464 g/mol. The van der Waals surface area contributed by atoms with E-state index in [9.17, 15) is 14.4 Å². The number of carbonyl (C=O) groups excluding carboxylic acids is 3. The highest BCUT2D eigenvalue weighted by Crippen LogP contribution is 2.23. The molecule has 3 atom stereocenters. The number of aryl methyl sites for hydroxylation is 2. The van der Waals surface area contributed by atoms with Crippen LogP contribution in [0.15, 0.2) is 48.5 Å². The van der Waals surface area contributed by atoms with E-state index in [-0.39, 0.29) is 36.6 Å². The molecule has 1 fully saturated rings. The third kappa shape index (κ3) is 5.99. The standard InChI is InChI=1S/C28H37N3O3/c1-5-20(3)26(29)28(34)31(17-22-10-7-6-8-11-22)27(33)24-12-9-15-30(24)18-25(32)23-14-13-19(2)16-21(23)4/h6-8,10-11,13-14,16,20,24,26H,5,9,12,15,17-18,29H2,1-4H3/t20-,24-,26-/m0/s1. The van der Waals surface area contributed by atoms with E-state index in [4.69, 9.17) is 5.73 Å².